The van der Waals surface area contributed by atoms with E-state index in [4.69, 9.17) is 9.84 Å². The molecule has 1 aromatic carbocycles. The largest absolute Gasteiger partial charge is 0.494 e. The molecule has 0 radical (unpaired) electrons. The SMILES string of the molecule is COc1cccc(C(=O)NC(C)CCCO)c1F. The zero-order chi connectivity index (χ0) is 13.5. The third-order valence-electron chi connectivity index (χ3n) is 2.60. The molecule has 100 valence electrons. The summed E-state index contributed by atoms with van der Waals surface area (Å²) in [6, 6.07) is 4.32. The molecule has 5 heteroatoms. The van der Waals surface area contributed by atoms with Gasteiger partial charge in [-0.25, -0.2) is 4.39 Å². The fraction of sp³-hybridized carbons (Fsp3) is 0.462. The van der Waals surface area contributed by atoms with Crippen LogP contribution in [0.3, 0.4) is 0 Å². The highest BCUT2D eigenvalue weighted by Crippen LogP contribution is 2.19. The number of rotatable bonds is 6. The third-order valence-corrected chi connectivity index (χ3v) is 2.60. The van der Waals surface area contributed by atoms with Gasteiger partial charge in [0, 0.05) is 12.6 Å². The molecule has 0 aliphatic carbocycles. The maximum Gasteiger partial charge on any atom is 0.254 e. The summed E-state index contributed by atoms with van der Waals surface area (Å²) in [5.41, 5.74) is -0.0369. The summed E-state index contributed by atoms with van der Waals surface area (Å²) in [6.07, 6.45) is 1.25. The molecule has 0 aliphatic heterocycles. The lowest BCUT2D eigenvalue weighted by Crippen LogP contribution is -2.33. The Morgan fingerprint density at radius 3 is 2.89 bits per heavy atom. The van der Waals surface area contributed by atoms with Crippen molar-refractivity contribution in [1.82, 2.24) is 5.32 Å². The fourth-order valence-corrected chi connectivity index (χ4v) is 1.61. The minimum Gasteiger partial charge on any atom is -0.494 e. The van der Waals surface area contributed by atoms with Crippen molar-refractivity contribution in [2.24, 2.45) is 0 Å². The summed E-state index contributed by atoms with van der Waals surface area (Å²) in [7, 11) is 1.35. The Hall–Kier alpha value is -1.62. The first-order valence-electron chi connectivity index (χ1n) is 5.84. The second-order valence-corrected chi connectivity index (χ2v) is 4.06. The summed E-state index contributed by atoms with van der Waals surface area (Å²) in [4.78, 5) is 11.8. The van der Waals surface area contributed by atoms with Crippen molar-refractivity contribution < 1.29 is 19.0 Å². The Morgan fingerprint density at radius 1 is 1.56 bits per heavy atom. The summed E-state index contributed by atoms with van der Waals surface area (Å²) >= 11 is 0. The minimum absolute atomic E-state index is 0.0369. The van der Waals surface area contributed by atoms with E-state index in [1.54, 1.807) is 6.07 Å². The summed E-state index contributed by atoms with van der Waals surface area (Å²) in [5.74, 6) is -1.09. The van der Waals surface area contributed by atoms with Gasteiger partial charge in [0.1, 0.15) is 0 Å². The Morgan fingerprint density at radius 2 is 2.28 bits per heavy atom. The molecule has 0 spiro atoms. The molecule has 1 unspecified atom stereocenters. The Bertz CT molecular complexity index is 409. The smallest absolute Gasteiger partial charge is 0.254 e. The molecule has 0 aromatic heterocycles. The van der Waals surface area contributed by atoms with Crippen molar-refractivity contribution in [2.45, 2.75) is 25.8 Å². The topological polar surface area (TPSA) is 58.6 Å². The summed E-state index contributed by atoms with van der Waals surface area (Å²) in [6.45, 7) is 1.89. The van der Waals surface area contributed by atoms with Crippen LogP contribution in [0, 0.1) is 5.82 Å². The van der Waals surface area contributed by atoms with Crippen LogP contribution < -0.4 is 10.1 Å². The molecular weight excluding hydrogens is 237 g/mol. The lowest BCUT2D eigenvalue weighted by Gasteiger charge is -2.14. The highest BCUT2D eigenvalue weighted by atomic mass is 19.1. The summed E-state index contributed by atoms with van der Waals surface area (Å²) in [5, 5.41) is 11.4. The predicted octanol–water partition coefficient (Wildman–Crippen LogP) is 1.73. The maximum absolute atomic E-state index is 13.8. The zero-order valence-electron chi connectivity index (χ0n) is 10.6. The van der Waals surface area contributed by atoms with Gasteiger partial charge in [0.05, 0.1) is 12.7 Å². The number of aliphatic hydroxyl groups excluding tert-OH is 1. The Kier molecular flexibility index (Phi) is 5.58. The van der Waals surface area contributed by atoms with Crippen molar-refractivity contribution in [3.63, 3.8) is 0 Å². The van der Waals surface area contributed by atoms with E-state index in [2.05, 4.69) is 5.32 Å². The third kappa shape index (κ3) is 3.70. The van der Waals surface area contributed by atoms with E-state index < -0.39 is 11.7 Å². The first-order valence-corrected chi connectivity index (χ1v) is 5.84. The number of methoxy groups -OCH3 is 1. The predicted molar refractivity (Wildman–Crippen MR) is 66.2 cm³/mol. The van der Waals surface area contributed by atoms with Crippen molar-refractivity contribution in [3.8, 4) is 5.75 Å². The average Bonchev–Trinajstić information content (AvgIpc) is 2.36. The molecule has 1 atom stereocenters. The molecule has 4 nitrogen and oxygen atoms in total. The van der Waals surface area contributed by atoms with Crippen LogP contribution >= 0.6 is 0 Å². The average molecular weight is 255 g/mol. The van der Waals surface area contributed by atoms with Crippen molar-refractivity contribution in [2.75, 3.05) is 13.7 Å². The Labute approximate surface area is 106 Å². The molecule has 0 saturated carbocycles. The minimum atomic E-state index is -0.660. The number of amides is 1. The van der Waals surface area contributed by atoms with Crippen LogP contribution in [0.2, 0.25) is 0 Å². The number of hydrogen-bond acceptors (Lipinski definition) is 3. The molecule has 1 rings (SSSR count). The second kappa shape index (κ2) is 6.96. The number of hydrogen-bond donors (Lipinski definition) is 2. The number of benzene rings is 1. The molecule has 0 fully saturated rings. The van der Waals surface area contributed by atoms with E-state index in [9.17, 15) is 9.18 Å². The molecule has 18 heavy (non-hydrogen) atoms. The quantitative estimate of drug-likeness (QED) is 0.813. The molecule has 0 aliphatic rings. The lowest BCUT2D eigenvalue weighted by molar-refractivity contribution is 0.0931. The highest BCUT2D eigenvalue weighted by molar-refractivity contribution is 5.95. The van der Waals surface area contributed by atoms with Gasteiger partial charge in [-0.2, -0.15) is 0 Å². The monoisotopic (exact) mass is 255 g/mol. The van der Waals surface area contributed by atoms with Gasteiger partial charge in [0.15, 0.2) is 11.6 Å². The first-order chi connectivity index (χ1) is 8.60. The number of carbonyl (C=O) groups is 1. The summed E-state index contributed by atoms with van der Waals surface area (Å²) < 4.78 is 18.6. The first kappa shape index (κ1) is 14.4. The van der Waals surface area contributed by atoms with Crippen LogP contribution in [0.25, 0.3) is 0 Å². The van der Waals surface area contributed by atoms with Crippen molar-refractivity contribution in [3.05, 3.63) is 29.6 Å². The van der Waals surface area contributed by atoms with Crippen LogP contribution in [0.15, 0.2) is 18.2 Å². The molecule has 0 heterocycles. The number of nitrogens with one attached hydrogen (secondary N) is 1. The highest BCUT2D eigenvalue weighted by Gasteiger charge is 2.16. The van der Waals surface area contributed by atoms with Gasteiger partial charge in [-0.1, -0.05) is 6.07 Å². The molecule has 1 amide bonds. The van der Waals surface area contributed by atoms with E-state index in [0.29, 0.717) is 12.8 Å². The van der Waals surface area contributed by atoms with Gasteiger partial charge < -0.3 is 15.2 Å². The molecule has 2 N–H and O–H groups in total. The van der Waals surface area contributed by atoms with Crippen LogP contribution in [-0.2, 0) is 0 Å². The van der Waals surface area contributed by atoms with Crippen molar-refractivity contribution >= 4 is 5.91 Å². The van der Waals surface area contributed by atoms with Crippen LogP contribution in [-0.4, -0.2) is 30.8 Å². The van der Waals surface area contributed by atoms with Crippen LogP contribution in [0.1, 0.15) is 30.1 Å². The lowest BCUT2D eigenvalue weighted by atomic mass is 10.1. The number of carbonyl (C=O) groups excluding carboxylic acids is 1. The van der Waals surface area contributed by atoms with E-state index in [1.165, 1.54) is 19.2 Å². The van der Waals surface area contributed by atoms with Gasteiger partial charge in [0.2, 0.25) is 0 Å². The van der Waals surface area contributed by atoms with Gasteiger partial charge in [0.25, 0.3) is 5.91 Å². The van der Waals surface area contributed by atoms with Gasteiger partial charge in [-0.15, -0.1) is 0 Å². The zero-order valence-corrected chi connectivity index (χ0v) is 10.6. The standard InChI is InChI=1S/C13H18FNO3/c1-9(5-4-8-16)15-13(17)10-6-3-7-11(18-2)12(10)14/h3,6-7,9,16H,4-5,8H2,1-2H3,(H,15,17). The molecule has 1 aromatic rings. The van der Waals surface area contributed by atoms with E-state index in [0.717, 1.165) is 0 Å². The fourth-order valence-electron chi connectivity index (χ4n) is 1.61. The van der Waals surface area contributed by atoms with Crippen LogP contribution in [0.5, 0.6) is 5.75 Å². The normalized spacial score (nSPS) is 12.0. The van der Waals surface area contributed by atoms with Gasteiger partial charge in [-0.05, 0) is 31.9 Å². The number of aliphatic hydroxyl groups is 1. The van der Waals surface area contributed by atoms with Gasteiger partial charge in [-0.3, -0.25) is 4.79 Å². The number of ether oxygens (including phenoxy) is 1. The molecular formula is C13H18FNO3. The van der Waals surface area contributed by atoms with E-state index in [1.807, 2.05) is 6.92 Å². The second-order valence-electron chi connectivity index (χ2n) is 4.06. The molecule has 0 saturated heterocycles. The van der Waals surface area contributed by atoms with E-state index in [-0.39, 0.29) is 24.0 Å². The van der Waals surface area contributed by atoms with Crippen LogP contribution in [0.4, 0.5) is 4.39 Å². The van der Waals surface area contributed by atoms with Crippen molar-refractivity contribution in [1.29, 1.82) is 0 Å². The molecule has 0 bridgehead atoms. The Balaban J connectivity index is 2.72. The number of halogens is 1. The van der Waals surface area contributed by atoms with Gasteiger partial charge >= 0.3 is 0 Å². The maximum atomic E-state index is 13.8. The van der Waals surface area contributed by atoms with E-state index >= 15 is 0 Å².